The summed E-state index contributed by atoms with van der Waals surface area (Å²) in [6.07, 6.45) is 3.46. The minimum Gasteiger partial charge on any atom is -0.382 e. The van der Waals surface area contributed by atoms with E-state index in [1.165, 1.54) is 6.07 Å². The van der Waals surface area contributed by atoms with Crippen LogP contribution in [0.4, 0.5) is 5.82 Å². The smallest absolute Gasteiger partial charge is 0.273 e. The normalized spacial score (nSPS) is 15.4. The van der Waals surface area contributed by atoms with Crippen LogP contribution in [-0.4, -0.2) is 61.3 Å². The zero-order valence-electron chi connectivity index (χ0n) is 22.5. The fraction of sp³-hybridized carbons (Fsp3) is 0.393. The first-order valence-electron chi connectivity index (χ1n) is 13.1. The number of aliphatic hydroxyl groups is 1. The fourth-order valence-corrected chi connectivity index (χ4v) is 4.80. The van der Waals surface area contributed by atoms with Gasteiger partial charge in [0, 0.05) is 38.3 Å². The van der Waals surface area contributed by atoms with Gasteiger partial charge in [-0.15, -0.1) is 0 Å². The van der Waals surface area contributed by atoms with Crippen LogP contribution in [0.5, 0.6) is 0 Å². The molecule has 1 aliphatic heterocycles. The molecular weight excluding hydrogens is 498 g/mol. The number of hydrogen-bond donors (Lipinski definition) is 4. The first-order valence-corrected chi connectivity index (χ1v) is 13.1. The molecule has 1 aromatic carbocycles. The van der Waals surface area contributed by atoms with Crippen LogP contribution >= 0.6 is 0 Å². The summed E-state index contributed by atoms with van der Waals surface area (Å²) >= 11 is 0. The van der Waals surface area contributed by atoms with Crippen LogP contribution in [0.2, 0.25) is 0 Å². The number of carbonyl (C=O) groups is 2. The molecule has 11 heteroatoms. The van der Waals surface area contributed by atoms with Gasteiger partial charge < -0.3 is 25.2 Å². The number of benzene rings is 1. The summed E-state index contributed by atoms with van der Waals surface area (Å²) < 4.78 is 5.11. The Labute approximate surface area is 226 Å². The van der Waals surface area contributed by atoms with Crippen LogP contribution in [0.25, 0.3) is 22.2 Å². The van der Waals surface area contributed by atoms with Crippen LogP contribution in [0.15, 0.2) is 47.1 Å². The molecule has 4 heterocycles. The quantitative estimate of drug-likeness (QED) is 0.282. The van der Waals surface area contributed by atoms with Gasteiger partial charge in [-0.25, -0.2) is 4.98 Å². The van der Waals surface area contributed by atoms with E-state index in [0.29, 0.717) is 5.65 Å². The zero-order chi connectivity index (χ0) is 27.7. The summed E-state index contributed by atoms with van der Waals surface area (Å²) in [7, 11) is 0. The second kappa shape index (κ2) is 10.5. The number of carbonyl (C=O) groups excluding carboxylic acids is 2. The molecule has 1 atom stereocenters. The van der Waals surface area contributed by atoms with E-state index >= 15 is 0 Å². The second-order valence-corrected chi connectivity index (χ2v) is 10.5. The molecular formula is C28H33N7O4. The summed E-state index contributed by atoms with van der Waals surface area (Å²) in [5.41, 5.74) is 2.49. The molecule has 5 rings (SSSR count). The Kier molecular flexibility index (Phi) is 7.09. The molecule has 0 aliphatic carbocycles. The van der Waals surface area contributed by atoms with Gasteiger partial charge in [-0.05, 0) is 56.4 Å². The van der Waals surface area contributed by atoms with Crippen molar-refractivity contribution in [2.24, 2.45) is 0 Å². The summed E-state index contributed by atoms with van der Waals surface area (Å²) in [6.45, 7) is 8.10. The van der Waals surface area contributed by atoms with Crippen molar-refractivity contribution in [2.45, 2.75) is 58.2 Å². The van der Waals surface area contributed by atoms with Crippen LogP contribution in [0.3, 0.4) is 0 Å². The van der Waals surface area contributed by atoms with Crippen molar-refractivity contribution >= 4 is 28.7 Å². The summed E-state index contributed by atoms with van der Waals surface area (Å²) in [6, 6.07) is 11.3. The Morgan fingerprint density at radius 1 is 1.18 bits per heavy atom. The highest BCUT2D eigenvalue weighted by molar-refractivity contribution is 6.00. The highest BCUT2D eigenvalue weighted by Gasteiger charge is 2.25. The molecule has 39 heavy (non-hydrogen) atoms. The van der Waals surface area contributed by atoms with Crippen molar-refractivity contribution in [1.82, 2.24) is 30.6 Å². The number of nitrogens with zero attached hydrogens (tertiary/aromatic N) is 4. The van der Waals surface area contributed by atoms with Crippen molar-refractivity contribution in [2.75, 3.05) is 18.4 Å². The first-order chi connectivity index (χ1) is 18.6. The minimum absolute atomic E-state index is 0.112. The Balaban J connectivity index is 1.30. The minimum atomic E-state index is -1.22. The number of hydrogen-bond acceptors (Lipinski definition) is 8. The van der Waals surface area contributed by atoms with E-state index in [0.717, 1.165) is 53.8 Å². The average molecular weight is 532 g/mol. The number of nitrogens with one attached hydrogen (secondary N) is 3. The predicted octanol–water partition coefficient (Wildman–Crippen LogP) is 3.75. The number of aromatic nitrogens is 4. The Morgan fingerprint density at radius 2 is 1.90 bits per heavy atom. The van der Waals surface area contributed by atoms with Gasteiger partial charge in [0.15, 0.2) is 22.9 Å². The maximum Gasteiger partial charge on any atom is 0.273 e. The molecule has 0 unspecified atom stereocenters. The summed E-state index contributed by atoms with van der Waals surface area (Å²) in [4.78, 5) is 30.7. The van der Waals surface area contributed by atoms with E-state index in [4.69, 9.17) is 4.52 Å². The second-order valence-electron chi connectivity index (χ2n) is 10.5. The van der Waals surface area contributed by atoms with Crippen molar-refractivity contribution < 1.29 is 19.2 Å². The lowest BCUT2D eigenvalue weighted by atomic mass is 9.99. The average Bonchev–Trinajstić information content (AvgIpc) is 3.57. The lowest BCUT2D eigenvalue weighted by Gasteiger charge is -2.31. The number of piperidine rings is 1. The van der Waals surface area contributed by atoms with Crippen molar-refractivity contribution in [3.05, 3.63) is 59.6 Å². The largest absolute Gasteiger partial charge is 0.382 e. The van der Waals surface area contributed by atoms with Crippen molar-refractivity contribution in [3.8, 4) is 11.1 Å². The van der Waals surface area contributed by atoms with Crippen LogP contribution in [-0.2, 0) is 10.4 Å². The van der Waals surface area contributed by atoms with Gasteiger partial charge in [0.2, 0.25) is 5.91 Å². The van der Waals surface area contributed by atoms with Gasteiger partial charge in [0.25, 0.3) is 5.91 Å². The molecule has 0 radical (unpaired) electrons. The number of anilines is 1. The van der Waals surface area contributed by atoms with Gasteiger partial charge >= 0.3 is 0 Å². The van der Waals surface area contributed by atoms with Gasteiger partial charge in [0.1, 0.15) is 5.60 Å². The molecule has 4 aromatic rings. The molecule has 11 nitrogen and oxygen atoms in total. The van der Waals surface area contributed by atoms with Crippen molar-refractivity contribution in [1.29, 1.82) is 0 Å². The molecule has 0 saturated carbocycles. The van der Waals surface area contributed by atoms with Crippen LogP contribution in [0.1, 0.15) is 68.4 Å². The number of fused-ring (bicyclic) bond motifs is 1. The lowest BCUT2D eigenvalue weighted by molar-refractivity contribution is -0.129. The third-order valence-electron chi connectivity index (χ3n) is 7.16. The number of H-pyrrole nitrogens is 1. The molecule has 204 valence electrons. The molecule has 1 fully saturated rings. The third kappa shape index (κ3) is 5.63. The zero-order valence-corrected chi connectivity index (χ0v) is 22.5. The highest BCUT2D eigenvalue weighted by atomic mass is 16.5. The van der Waals surface area contributed by atoms with E-state index in [1.807, 2.05) is 42.2 Å². The van der Waals surface area contributed by atoms with Crippen molar-refractivity contribution in [3.63, 3.8) is 0 Å². The molecule has 2 amide bonds. The maximum absolute atomic E-state index is 12.7. The number of rotatable bonds is 7. The number of likely N-dealkylation sites (tertiary alicyclic amines) is 1. The van der Waals surface area contributed by atoms with E-state index in [9.17, 15) is 14.7 Å². The Morgan fingerprint density at radius 3 is 2.54 bits per heavy atom. The number of pyridine rings is 1. The molecule has 0 bridgehead atoms. The van der Waals surface area contributed by atoms with Gasteiger partial charge in [-0.1, -0.05) is 29.4 Å². The molecule has 1 saturated heterocycles. The number of amides is 2. The fourth-order valence-electron chi connectivity index (χ4n) is 4.80. The predicted molar refractivity (Wildman–Crippen MR) is 146 cm³/mol. The maximum atomic E-state index is 12.7. The van der Waals surface area contributed by atoms with Gasteiger partial charge in [-0.3, -0.25) is 14.7 Å². The van der Waals surface area contributed by atoms with E-state index in [1.54, 1.807) is 27.0 Å². The van der Waals surface area contributed by atoms with Gasteiger partial charge in [0.05, 0.1) is 11.4 Å². The van der Waals surface area contributed by atoms with E-state index in [2.05, 4.69) is 31.0 Å². The third-order valence-corrected chi connectivity index (χ3v) is 7.16. The molecule has 3 aromatic heterocycles. The standard InChI is InChI=1S/C28H33N7O4/c1-16(30-27(37)22-15-23(39-34-22)28(3,4)38)18-5-7-19(8-6-18)21-9-12-29-25-24(21)26(33-32-25)31-20-10-13-35(14-11-20)17(2)36/h5-9,12,15-16,20,38H,10-11,13-14H2,1-4H3,(H,30,37)(H2,29,31,32,33)/t16-/m1/s1. The van der Waals surface area contributed by atoms with E-state index in [-0.39, 0.29) is 35.4 Å². The highest BCUT2D eigenvalue weighted by Crippen LogP contribution is 2.33. The summed E-state index contributed by atoms with van der Waals surface area (Å²) in [5, 5.41) is 28.7. The Hall–Kier alpha value is -4.25. The molecule has 0 spiro atoms. The molecule has 4 N–H and O–H groups in total. The topological polar surface area (TPSA) is 149 Å². The number of aromatic amines is 1. The lowest BCUT2D eigenvalue weighted by Crippen LogP contribution is -2.41. The first kappa shape index (κ1) is 26.4. The monoisotopic (exact) mass is 531 g/mol. The SMILES string of the molecule is CC(=O)N1CCC(Nc2n[nH]c3nccc(-c4ccc([C@@H](C)NC(=O)c5cc(C(C)(C)O)on5)cc4)c23)CC1. The summed E-state index contributed by atoms with van der Waals surface area (Å²) in [5.74, 6) is 0.700. The Bertz CT molecular complexity index is 1480. The van der Waals surface area contributed by atoms with Gasteiger partial charge in [-0.2, -0.15) is 5.10 Å². The van der Waals surface area contributed by atoms with E-state index < -0.39 is 5.60 Å². The molecule has 1 aliphatic rings. The van der Waals surface area contributed by atoms with Crippen LogP contribution < -0.4 is 10.6 Å². The van der Waals surface area contributed by atoms with Crippen LogP contribution in [0, 0.1) is 0 Å².